The molecule has 6 nitrogen and oxygen atoms in total. The first-order chi connectivity index (χ1) is 16.2. The van der Waals surface area contributed by atoms with Crippen molar-refractivity contribution >= 4 is 35.5 Å². The number of carbonyl (C=O) groups is 2. The van der Waals surface area contributed by atoms with Gasteiger partial charge in [-0.15, -0.1) is 11.8 Å². The summed E-state index contributed by atoms with van der Waals surface area (Å²) >= 11 is 1.71. The third-order valence-corrected chi connectivity index (χ3v) is 8.23. The smallest absolute Gasteiger partial charge is 0.261 e. The van der Waals surface area contributed by atoms with Crippen LogP contribution in [-0.4, -0.2) is 70.6 Å². The largest absolute Gasteiger partial charge is 0.353 e. The van der Waals surface area contributed by atoms with Crippen molar-refractivity contribution in [3.63, 3.8) is 0 Å². The highest BCUT2D eigenvalue weighted by Crippen LogP contribution is 2.42. The van der Waals surface area contributed by atoms with Crippen molar-refractivity contribution in [2.45, 2.75) is 37.0 Å². The lowest BCUT2D eigenvalue weighted by molar-refractivity contribution is -0.141. The molecule has 2 atom stereocenters. The molecule has 2 saturated heterocycles. The Bertz CT molecular complexity index is 1010. The number of amides is 2. The first kappa shape index (κ1) is 22.0. The van der Waals surface area contributed by atoms with Crippen LogP contribution in [0.25, 0.3) is 6.08 Å². The molecule has 0 spiro atoms. The third-order valence-electron chi connectivity index (χ3n) is 6.83. The van der Waals surface area contributed by atoms with Gasteiger partial charge >= 0.3 is 0 Å². The van der Waals surface area contributed by atoms with Crippen LogP contribution in [0.2, 0.25) is 0 Å². The van der Waals surface area contributed by atoms with Crippen molar-refractivity contribution in [2.24, 2.45) is 0 Å². The van der Waals surface area contributed by atoms with Crippen LogP contribution >= 0.6 is 11.8 Å². The summed E-state index contributed by atoms with van der Waals surface area (Å²) in [6, 6.07) is 16.0. The van der Waals surface area contributed by atoms with E-state index in [-0.39, 0.29) is 24.4 Å². The lowest BCUT2D eigenvalue weighted by Gasteiger charge is -2.45. The second-order valence-electron chi connectivity index (χ2n) is 8.92. The molecule has 2 aromatic rings. The fourth-order valence-electron chi connectivity index (χ4n) is 5.03. The molecule has 1 aromatic heterocycles. The fourth-order valence-corrected chi connectivity index (χ4v) is 6.51. The molecule has 7 heteroatoms. The lowest BCUT2D eigenvalue weighted by Crippen LogP contribution is -2.57. The third kappa shape index (κ3) is 4.93. The van der Waals surface area contributed by atoms with Crippen LogP contribution in [-0.2, 0) is 9.59 Å². The monoisotopic (exact) mass is 462 g/mol. The zero-order chi connectivity index (χ0) is 22.6. The van der Waals surface area contributed by atoms with Crippen molar-refractivity contribution in [3.8, 4) is 0 Å². The number of pyridine rings is 1. The van der Waals surface area contributed by atoms with Crippen LogP contribution in [0.1, 0.15) is 31.2 Å². The summed E-state index contributed by atoms with van der Waals surface area (Å²) in [5, 5.41) is 0.375. The van der Waals surface area contributed by atoms with Gasteiger partial charge in [0.15, 0.2) is 0 Å². The Morgan fingerprint density at radius 2 is 1.76 bits per heavy atom. The van der Waals surface area contributed by atoms with E-state index >= 15 is 0 Å². The highest BCUT2D eigenvalue weighted by Gasteiger charge is 2.41. The van der Waals surface area contributed by atoms with E-state index in [0.717, 1.165) is 48.6 Å². The van der Waals surface area contributed by atoms with Crippen LogP contribution in [0.5, 0.6) is 0 Å². The molecule has 1 aromatic carbocycles. The second kappa shape index (κ2) is 10.00. The zero-order valence-corrected chi connectivity index (χ0v) is 19.6. The summed E-state index contributed by atoms with van der Waals surface area (Å²) in [6.45, 7) is 3.02. The molecule has 2 amide bonds. The Morgan fingerprint density at radius 1 is 1.00 bits per heavy atom. The Morgan fingerprint density at radius 3 is 2.52 bits per heavy atom. The number of hydrogen-bond acceptors (Lipinski definition) is 5. The molecule has 172 valence electrons. The molecule has 0 bridgehead atoms. The van der Waals surface area contributed by atoms with Crippen LogP contribution in [0.15, 0.2) is 59.6 Å². The Kier molecular flexibility index (Phi) is 6.67. The number of hydrogen-bond donors (Lipinski definition) is 0. The van der Waals surface area contributed by atoms with Gasteiger partial charge in [0.2, 0.25) is 5.91 Å². The average molecular weight is 463 g/mol. The molecular formula is C26H30N4O2S. The van der Waals surface area contributed by atoms with Gasteiger partial charge in [-0.1, -0.05) is 49.2 Å². The van der Waals surface area contributed by atoms with Gasteiger partial charge in [-0.05, 0) is 36.6 Å². The minimum atomic E-state index is 0.00692. The van der Waals surface area contributed by atoms with E-state index in [1.54, 1.807) is 18.0 Å². The minimum Gasteiger partial charge on any atom is -0.353 e. The molecule has 1 aliphatic carbocycles. The summed E-state index contributed by atoms with van der Waals surface area (Å²) in [5.41, 5.74) is 1.03. The van der Waals surface area contributed by atoms with E-state index in [9.17, 15) is 9.59 Å². The second-order valence-corrected chi connectivity index (χ2v) is 10.2. The molecule has 3 fully saturated rings. The molecule has 2 aliphatic heterocycles. The number of aromatic nitrogens is 1. The van der Waals surface area contributed by atoms with Gasteiger partial charge < -0.3 is 14.7 Å². The highest BCUT2D eigenvalue weighted by atomic mass is 32.2. The topological polar surface area (TPSA) is 56.8 Å². The molecule has 0 N–H and O–H groups in total. The zero-order valence-electron chi connectivity index (χ0n) is 18.8. The van der Waals surface area contributed by atoms with E-state index in [4.69, 9.17) is 0 Å². The first-order valence-electron chi connectivity index (χ1n) is 11.9. The van der Waals surface area contributed by atoms with Crippen molar-refractivity contribution in [1.82, 2.24) is 14.8 Å². The number of thioether (sulfide) groups is 1. The summed E-state index contributed by atoms with van der Waals surface area (Å²) in [4.78, 5) is 37.9. The molecule has 1 saturated carbocycles. The van der Waals surface area contributed by atoms with Gasteiger partial charge in [0.05, 0.1) is 4.91 Å². The van der Waals surface area contributed by atoms with Gasteiger partial charge in [-0.25, -0.2) is 4.98 Å². The van der Waals surface area contributed by atoms with E-state index in [2.05, 4.69) is 9.88 Å². The molecule has 5 rings (SSSR count). The van der Waals surface area contributed by atoms with Crippen molar-refractivity contribution in [1.29, 1.82) is 0 Å². The first-order valence-corrected chi connectivity index (χ1v) is 12.7. The fraction of sp³-hybridized carbons (Fsp3) is 0.423. The maximum atomic E-state index is 13.5. The maximum absolute atomic E-state index is 13.5. The van der Waals surface area contributed by atoms with Crippen LogP contribution in [0.3, 0.4) is 0 Å². The van der Waals surface area contributed by atoms with Gasteiger partial charge in [-0.3, -0.25) is 9.59 Å². The quantitative estimate of drug-likeness (QED) is 0.649. The van der Waals surface area contributed by atoms with E-state index < -0.39 is 0 Å². The molecule has 3 aliphatic rings. The predicted molar refractivity (Wildman–Crippen MR) is 133 cm³/mol. The standard InChI is InChI=1S/C26H30N4O2S/c31-25(29-16-14-28(15-17-29)24-12-6-7-13-27-24)19-30-21-10-4-5-11-22(21)33-23(26(30)32)18-20-8-2-1-3-9-20/h1-3,6-9,12-13,18,21-22H,4-5,10-11,14-17,19H2/b23-18-. The number of carbonyl (C=O) groups excluding carboxylic acids is 2. The van der Waals surface area contributed by atoms with Gasteiger partial charge in [-0.2, -0.15) is 0 Å². The summed E-state index contributed by atoms with van der Waals surface area (Å²) in [5.74, 6) is 1.01. The van der Waals surface area contributed by atoms with Crippen LogP contribution in [0.4, 0.5) is 5.82 Å². The molecule has 0 radical (unpaired) electrons. The van der Waals surface area contributed by atoms with Gasteiger partial charge in [0, 0.05) is 43.7 Å². The van der Waals surface area contributed by atoms with Crippen molar-refractivity contribution in [3.05, 3.63) is 65.2 Å². The number of benzene rings is 1. The van der Waals surface area contributed by atoms with E-state index in [0.29, 0.717) is 18.3 Å². The number of nitrogens with zero attached hydrogens (tertiary/aromatic N) is 4. The maximum Gasteiger partial charge on any atom is 0.261 e. The molecule has 3 heterocycles. The van der Waals surface area contributed by atoms with E-state index in [1.165, 1.54) is 6.42 Å². The minimum absolute atomic E-state index is 0.00692. The van der Waals surface area contributed by atoms with E-state index in [1.807, 2.05) is 64.4 Å². The summed E-state index contributed by atoms with van der Waals surface area (Å²) in [7, 11) is 0. The Hall–Kier alpha value is -2.80. The number of rotatable bonds is 4. The Labute approximate surface area is 199 Å². The summed E-state index contributed by atoms with van der Waals surface area (Å²) < 4.78 is 0. The molecular weight excluding hydrogens is 432 g/mol. The normalized spacial score (nSPS) is 24.7. The lowest BCUT2D eigenvalue weighted by atomic mass is 9.93. The van der Waals surface area contributed by atoms with Gasteiger partial charge in [0.1, 0.15) is 12.4 Å². The number of fused-ring (bicyclic) bond motifs is 1. The molecule has 2 unspecified atom stereocenters. The van der Waals surface area contributed by atoms with Crippen molar-refractivity contribution < 1.29 is 9.59 Å². The van der Waals surface area contributed by atoms with Crippen LogP contribution in [0, 0.1) is 0 Å². The Balaban J connectivity index is 1.28. The number of anilines is 1. The van der Waals surface area contributed by atoms with Gasteiger partial charge in [0.25, 0.3) is 5.91 Å². The van der Waals surface area contributed by atoms with Crippen LogP contribution < -0.4 is 4.90 Å². The highest BCUT2D eigenvalue weighted by molar-refractivity contribution is 8.04. The number of piperazine rings is 1. The predicted octanol–water partition coefficient (Wildman–Crippen LogP) is 3.66. The van der Waals surface area contributed by atoms with Crippen molar-refractivity contribution in [2.75, 3.05) is 37.6 Å². The average Bonchev–Trinajstić information content (AvgIpc) is 2.87. The molecule has 33 heavy (non-hydrogen) atoms. The SMILES string of the molecule is O=C(CN1C(=O)/C(=C/c2ccccc2)SC2CCCCC21)N1CCN(c2ccccn2)CC1. The summed E-state index contributed by atoms with van der Waals surface area (Å²) in [6.07, 6.45) is 8.19.